The first-order chi connectivity index (χ1) is 9.11. The fraction of sp³-hybridized carbons (Fsp3) is 0.462. The predicted octanol–water partition coefficient (Wildman–Crippen LogP) is 2.11. The second-order valence-electron chi connectivity index (χ2n) is 4.51. The van der Waals surface area contributed by atoms with E-state index >= 15 is 0 Å². The van der Waals surface area contributed by atoms with Crippen molar-refractivity contribution in [3.05, 3.63) is 33.3 Å². The van der Waals surface area contributed by atoms with Crippen molar-refractivity contribution in [1.29, 1.82) is 0 Å². The van der Waals surface area contributed by atoms with Crippen molar-refractivity contribution in [3.8, 4) is 0 Å². The number of hydrogen-bond acceptors (Lipinski definition) is 4. The molecule has 2 rings (SSSR count). The maximum Gasteiger partial charge on any atom is 0.276 e. The molecule has 0 bridgehead atoms. The molecular weight excluding hydrogens is 310 g/mol. The molecule has 0 aliphatic carbocycles. The Labute approximate surface area is 119 Å². The monoisotopic (exact) mass is 325 g/mol. The zero-order valence-electron chi connectivity index (χ0n) is 10.7. The number of unbranched alkanes of at least 4 members (excludes halogenated alkanes) is 1. The van der Waals surface area contributed by atoms with Gasteiger partial charge in [-0.15, -0.1) is 0 Å². The SMILES string of the molecule is CCCCC(O)Cn1ncc2ncc(Br)cc2c1=O. The molecule has 0 fully saturated rings. The minimum absolute atomic E-state index is 0.221. The predicted molar refractivity (Wildman–Crippen MR) is 77.0 cm³/mol. The third-order valence-electron chi connectivity index (χ3n) is 2.94. The maximum atomic E-state index is 12.2. The molecule has 1 atom stereocenters. The molecule has 19 heavy (non-hydrogen) atoms. The summed E-state index contributed by atoms with van der Waals surface area (Å²) in [6.45, 7) is 2.29. The number of rotatable bonds is 5. The molecule has 2 heterocycles. The van der Waals surface area contributed by atoms with E-state index in [-0.39, 0.29) is 12.1 Å². The largest absolute Gasteiger partial charge is 0.391 e. The minimum Gasteiger partial charge on any atom is -0.391 e. The van der Waals surface area contributed by atoms with E-state index in [0.29, 0.717) is 17.3 Å². The van der Waals surface area contributed by atoms with E-state index in [0.717, 1.165) is 17.3 Å². The van der Waals surface area contributed by atoms with Gasteiger partial charge in [0.15, 0.2) is 0 Å². The molecule has 0 amide bonds. The van der Waals surface area contributed by atoms with Crippen molar-refractivity contribution in [2.24, 2.45) is 0 Å². The van der Waals surface area contributed by atoms with E-state index in [9.17, 15) is 9.90 Å². The number of aromatic nitrogens is 3. The Balaban J connectivity index is 2.29. The molecule has 1 unspecified atom stereocenters. The normalized spacial score (nSPS) is 12.8. The molecule has 0 spiro atoms. The van der Waals surface area contributed by atoms with E-state index < -0.39 is 6.10 Å². The molecule has 0 saturated carbocycles. The summed E-state index contributed by atoms with van der Waals surface area (Å²) in [6.07, 6.45) is 5.28. The van der Waals surface area contributed by atoms with Crippen LogP contribution in [0.25, 0.3) is 10.9 Å². The molecule has 0 radical (unpaired) electrons. The van der Waals surface area contributed by atoms with Crippen molar-refractivity contribution in [1.82, 2.24) is 14.8 Å². The lowest BCUT2D eigenvalue weighted by Crippen LogP contribution is -2.28. The Hall–Kier alpha value is -1.27. The van der Waals surface area contributed by atoms with Gasteiger partial charge in [-0.3, -0.25) is 9.78 Å². The summed E-state index contributed by atoms with van der Waals surface area (Å²) in [6, 6.07) is 1.72. The number of pyridine rings is 1. The molecule has 0 saturated heterocycles. The molecule has 0 aliphatic heterocycles. The standard InChI is InChI=1S/C13H16BrN3O2/c1-2-3-4-10(18)8-17-13(19)11-5-9(14)6-15-12(11)7-16-17/h5-7,10,18H,2-4,8H2,1H3. The second kappa shape index (κ2) is 6.25. The van der Waals surface area contributed by atoms with Crippen LogP contribution in [0, 0.1) is 0 Å². The van der Waals surface area contributed by atoms with Crippen LogP contribution in [0.15, 0.2) is 27.7 Å². The van der Waals surface area contributed by atoms with E-state index in [1.54, 1.807) is 18.5 Å². The van der Waals surface area contributed by atoms with Crippen molar-refractivity contribution in [2.75, 3.05) is 0 Å². The van der Waals surface area contributed by atoms with Gasteiger partial charge < -0.3 is 5.11 Å². The van der Waals surface area contributed by atoms with Gasteiger partial charge in [-0.2, -0.15) is 5.10 Å². The molecule has 1 N–H and O–H groups in total. The summed E-state index contributed by atoms with van der Waals surface area (Å²) in [5.41, 5.74) is 0.342. The Kier molecular flexibility index (Phi) is 4.66. The molecule has 6 heteroatoms. The number of hydrogen-bond donors (Lipinski definition) is 1. The molecule has 102 valence electrons. The first kappa shape index (κ1) is 14.1. The Morgan fingerprint density at radius 3 is 3.00 bits per heavy atom. The van der Waals surface area contributed by atoms with Gasteiger partial charge in [-0.25, -0.2) is 4.68 Å². The van der Waals surface area contributed by atoms with Crippen LogP contribution in [0.4, 0.5) is 0 Å². The molecule has 0 aromatic carbocycles. The number of nitrogens with zero attached hydrogens (tertiary/aromatic N) is 3. The van der Waals surface area contributed by atoms with Gasteiger partial charge >= 0.3 is 0 Å². The first-order valence-electron chi connectivity index (χ1n) is 6.31. The van der Waals surface area contributed by atoms with Crippen LogP contribution in [0.5, 0.6) is 0 Å². The Morgan fingerprint density at radius 1 is 1.47 bits per heavy atom. The number of aliphatic hydroxyl groups is 1. The van der Waals surface area contributed by atoms with E-state index in [1.807, 2.05) is 0 Å². The van der Waals surface area contributed by atoms with Gasteiger partial charge in [-0.05, 0) is 28.4 Å². The van der Waals surface area contributed by atoms with Crippen LogP contribution >= 0.6 is 15.9 Å². The molecule has 2 aromatic rings. The quantitative estimate of drug-likeness (QED) is 0.914. The summed E-state index contributed by atoms with van der Waals surface area (Å²) >= 11 is 3.30. The van der Waals surface area contributed by atoms with Gasteiger partial charge in [0.1, 0.15) is 0 Å². The molecule has 0 aliphatic rings. The third kappa shape index (κ3) is 3.39. The number of halogens is 1. The van der Waals surface area contributed by atoms with Gasteiger partial charge in [0.2, 0.25) is 0 Å². The molecule has 2 aromatic heterocycles. The van der Waals surface area contributed by atoms with Gasteiger partial charge in [0.25, 0.3) is 5.56 Å². The molecular formula is C13H16BrN3O2. The summed E-state index contributed by atoms with van der Waals surface area (Å²) in [5, 5.41) is 14.4. The highest BCUT2D eigenvalue weighted by atomic mass is 79.9. The second-order valence-corrected chi connectivity index (χ2v) is 5.43. The first-order valence-corrected chi connectivity index (χ1v) is 7.10. The zero-order valence-corrected chi connectivity index (χ0v) is 12.3. The lowest BCUT2D eigenvalue weighted by atomic mass is 10.1. The topological polar surface area (TPSA) is 68.0 Å². The van der Waals surface area contributed by atoms with Gasteiger partial charge in [-0.1, -0.05) is 19.8 Å². The highest BCUT2D eigenvalue weighted by molar-refractivity contribution is 9.10. The highest BCUT2D eigenvalue weighted by Crippen LogP contribution is 2.13. The molecule has 5 nitrogen and oxygen atoms in total. The fourth-order valence-corrected chi connectivity index (χ4v) is 2.23. The summed E-state index contributed by atoms with van der Waals surface area (Å²) < 4.78 is 2.05. The third-order valence-corrected chi connectivity index (χ3v) is 3.38. The van der Waals surface area contributed by atoms with Gasteiger partial charge in [0.05, 0.1) is 29.7 Å². The minimum atomic E-state index is -0.539. The lowest BCUT2D eigenvalue weighted by Gasteiger charge is -2.11. The van der Waals surface area contributed by atoms with E-state index in [2.05, 4.69) is 32.9 Å². The van der Waals surface area contributed by atoms with Crippen molar-refractivity contribution in [2.45, 2.75) is 38.8 Å². The van der Waals surface area contributed by atoms with Crippen LogP contribution in [-0.4, -0.2) is 26.0 Å². The van der Waals surface area contributed by atoms with Crippen molar-refractivity contribution < 1.29 is 5.11 Å². The zero-order chi connectivity index (χ0) is 13.8. The number of fused-ring (bicyclic) bond motifs is 1. The summed E-state index contributed by atoms with van der Waals surface area (Å²) in [4.78, 5) is 16.3. The van der Waals surface area contributed by atoms with Crippen LogP contribution < -0.4 is 5.56 Å². The number of aliphatic hydroxyl groups excluding tert-OH is 1. The van der Waals surface area contributed by atoms with Crippen molar-refractivity contribution in [3.63, 3.8) is 0 Å². The van der Waals surface area contributed by atoms with Gasteiger partial charge in [0, 0.05) is 10.7 Å². The van der Waals surface area contributed by atoms with Crippen LogP contribution in [0.2, 0.25) is 0 Å². The summed E-state index contributed by atoms with van der Waals surface area (Å²) in [7, 11) is 0. The maximum absolute atomic E-state index is 12.2. The smallest absolute Gasteiger partial charge is 0.276 e. The van der Waals surface area contributed by atoms with Crippen LogP contribution in [0.1, 0.15) is 26.2 Å². The average Bonchev–Trinajstić information content (AvgIpc) is 2.40. The summed E-state index contributed by atoms with van der Waals surface area (Å²) in [5.74, 6) is 0. The Bertz CT molecular complexity index is 627. The van der Waals surface area contributed by atoms with E-state index in [1.165, 1.54) is 4.68 Å². The lowest BCUT2D eigenvalue weighted by molar-refractivity contribution is 0.135. The highest BCUT2D eigenvalue weighted by Gasteiger charge is 2.10. The van der Waals surface area contributed by atoms with Crippen LogP contribution in [-0.2, 0) is 6.54 Å². The van der Waals surface area contributed by atoms with E-state index in [4.69, 9.17) is 0 Å². The average molecular weight is 326 g/mol. The Morgan fingerprint density at radius 2 is 2.26 bits per heavy atom. The van der Waals surface area contributed by atoms with Crippen LogP contribution in [0.3, 0.4) is 0 Å². The fourth-order valence-electron chi connectivity index (χ4n) is 1.90. The van der Waals surface area contributed by atoms with Crippen molar-refractivity contribution >= 4 is 26.8 Å².